The number of aliphatic hydroxyl groups excluding tert-OH is 1. The van der Waals surface area contributed by atoms with Crippen molar-refractivity contribution in [2.24, 2.45) is 0 Å². The van der Waals surface area contributed by atoms with E-state index in [-0.39, 0.29) is 6.61 Å². The van der Waals surface area contributed by atoms with Gasteiger partial charge in [0.2, 0.25) is 0 Å². The van der Waals surface area contributed by atoms with Crippen LogP contribution in [0.2, 0.25) is 5.02 Å². The third-order valence-electron chi connectivity index (χ3n) is 2.43. The number of halogens is 1. The molecule has 0 aliphatic carbocycles. The summed E-state index contributed by atoms with van der Waals surface area (Å²) >= 11 is 5.83. The third-order valence-corrected chi connectivity index (χ3v) is 2.68. The second-order valence-corrected chi connectivity index (χ2v) is 4.46. The maximum Gasteiger partial charge on any atom is 0.0698 e. The van der Waals surface area contributed by atoms with Gasteiger partial charge in [0.25, 0.3) is 0 Å². The van der Waals surface area contributed by atoms with Gasteiger partial charge in [-0.3, -0.25) is 0 Å². The predicted molar refractivity (Wildman–Crippen MR) is 70.5 cm³/mol. The van der Waals surface area contributed by atoms with Gasteiger partial charge in [-0.2, -0.15) is 0 Å². The van der Waals surface area contributed by atoms with Crippen LogP contribution in [0.1, 0.15) is 12.5 Å². The molecule has 1 rings (SSSR count). The zero-order chi connectivity index (χ0) is 12.5. The van der Waals surface area contributed by atoms with Crippen LogP contribution in [0.25, 0.3) is 0 Å². The average Bonchev–Trinajstić information content (AvgIpc) is 2.32. The van der Waals surface area contributed by atoms with Gasteiger partial charge < -0.3 is 15.2 Å². The molecule has 1 aromatic carbocycles. The Balaban J connectivity index is 2.16. The number of aliphatic hydroxyl groups is 1. The molecular weight excluding hydrogens is 238 g/mol. The Kier molecular flexibility index (Phi) is 7.21. The van der Waals surface area contributed by atoms with Crippen molar-refractivity contribution in [3.05, 3.63) is 34.9 Å². The van der Waals surface area contributed by atoms with Crippen molar-refractivity contribution in [2.75, 3.05) is 26.4 Å². The van der Waals surface area contributed by atoms with E-state index in [1.165, 1.54) is 5.56 Å². The van der Waals surface area contributed by atoms with Crippen LogP contribution in [0.3, 0.4) is 0 Å². The second kappa shape index (κ2) is 8.48. The number of ether oxygens (including phenoxy) is 1. The molecule has 0 aliphatic rings. The van der Waals surface area contributed by atoms with Crippen molar-refractivity contribution in [3.63, 3.8) is 0 Å². The quantitative estimate of drug-likeness (QED) is 0.699. The van der Waals surface area contributed by atoms with E-state index in [4.69, 9.17) is 21.4 Å². The van der Waals surface area contributed by atoms with Crippen molar-refractivity contribution < 1.29 is 9.84 Å². The van der Waals surface area contributed by atoms with E-state index >= 15 is 0 Å². The van der Waals surface area contributed by atoms with E-state index in [1.807, 2.05) is 24.3 Å². The Hall–Kier alpha value is -0.610. The summed E-state index contributed by atoms with van der Waals surface area (Å²) in [6, 6.07) is 8.31. The topological polar surface area (TPSA) is 41.5 Å². The van der Waals surface area contributed by atoms with Crippen LogP contribution in [0.5, 0.6) is 0 Å². The van der Waals surface area contributed by atoms with Gasteiger partial charge in [0.1, 0.15) is 0 Å². The second-order valence-electron chi connectivity index (χ2n) is 4.02. The van der Waals surface area contributed by atoms with Gasteiger partial charge in [-0.25, -0.2) is 0 Å². The van der Waals surface area contributed by atoms with E-state index in [0.717, 1.165) is 18.0 Å². The Morgan fingerprint density at radius 1 is 1.29 bits per heavy atom. The van der Waals surface area contributed by atoms with Crippen LogP contribution in [0.4, 0.5) is 0 Å². The molecule has 17 heavy (non-hydrogen) atoms. The number of hydrogen-bond acceptors (Lipinski definition) is 3. The molecule has 0 saturated heterocycles. The summed E-state index contributed by atoms with van der Waals surface area (Å²) in [5.74, 6) is 0. The predicted octanol–water partition coefficient (Wildman–Crippen LogP) is 1.87. The first-order chi connectivity index (χ1) is 8.22. The largest absolute Gasteiger partial charge is 0.394 e. The van der Waals surface area contributed by atoms with Crippen molar-refractivity contribution in [3.8, 4) is 0 Å². The highest BCUT2D eigenvalue weighted by atomic mass is 35.5. The van der Waals surface area contributed by atoms with Crippen LogP contribution in [-0.4, -0.2) is 37.5 Å². The van der Waals surface area contributed by atoms with E-state index in [0.29, 0.717) is 19.3 Å². The normalized spacial score (nSPS) is 12.6. The minimum absolute atomic E-state index is 0.0837. The molecule has 0 fully saturated rings. The summed E-state index contributed by atoms with van der Waals surface area (Å²) in [5, 5.41) is 12.7. The zero-order valence-electron chi connectivity index (χ0n) is 10.2. The SMILES string of the molecule is CC(Cc1ccc(Cl)cc1)NCCOCCO. The van der Waals surface area contributed by atoms with Crippen LogP contribution in [0.15, 0.2) is 24.3 Å². The smallest absolute Gasteiger partial charge is 0.0698 e. The highest BCUT2D eigenvalue weighted by Gasteiger charge is 2.02. The number of benzene rings is 1. The fourth-order valence-corrected chi connectivity index (χ4v) is 1.72. The molecule has 0 bridgehead atoms. The van der Waals surface area contributed by atoms with Crippen molar-refractivity contribution >= 4 is 11.6 Å². The Labute approximate surface area is 108 Å². The lowest BCUT2D eigenvalue weighted by atomic mass is 10.1. The lowest BCUT2D eigenvalue weighted by Gasteiger charge is -2.13. The van der Waals surface area contributed by atoms with Crippen molar-refractivity contribution in [2.45, 2.75) is 19.4 Å². The molecule has 0 saturated carbocycles. The van der Waals surface area contributed by atoms with Gasteiger partial charge in [-0.1, -0.05) is 23.7 Å². The molecule has 3 nitrogen and oxygen atoms in total. The summed E-state index contributed by atoms with van der Waals surface area (Å²) < 4.78 is 5.17. The van der Waals surface area contributed by atoms with Crippen LogP contribution >= 0.6 is 11.6 Å². The highest BCUT2D eigenvalue weighted by Crippen LogP contribution is 2.10. The molecule has 0 radical (unpaired) electrons. The first-order valence-corrected chi connectivity index (χ1v) is 6.26. The first kappa shape index (κ1) is 14.5. The fourth-order valence-electron chi connectivity index (χ4n) is 1.59. The molecule has 1 unspecified atom stereocenters. The van der Waals surface area contributed by atoms with Gasteiger partial charge in [0.05, 0.1) is 19.8 Å². The van der Waals surface area contributed by atoms with Gasteiger partial charge in [-0.05, 0) is 31.0 Å². The lowest BCUT2D eigenvalue weighted by Crippen LogP contribution is -2.31. The van der Waals surface area contributed by atoms with Gasteiger partial charge in [0.15, 0.2) is 0 Å². The average molecular weight is 258 g/mol. The maximum atomic E-state index is 8.54. The molecule has 1 aromatic rings. The summed E-state index contributed by atoms with van der Waals surface area (Å²) in [4.78, 5) is 0. The van der Waals surface area contributed by atoms with E-state index in [9.17, 15) is 0 Å². The fraction of sp³-hybridized carbons (Fsp3) is 0.538. The monoisotopic (exact) mass is 257 g/mol. The molecule has 2 N–H and O–H groups in total. The third kappa shape index (κ3) is 6.64. The molecule has 0 aromatic heterocycles. The van der Waals surface area contributed by atoms with E-state index in [1.54, 1.807) is 0 Å². The molecule has 1 atom stereocenters. The molecule has 0 aliphatic heterocycles. The van der Waals surface area contributed by atoms with Crippen molar-refractivity contribution in [1.29, 1.82) is 0 Å². The molecule has 0 heterocycles. The first-order valence-electron chi connectivity index (χ1n) is 5.89. The summed E-state index contributed by atoms with van der Waals surface area (Å²) in [6.07, 6.45) is 0.969. The minimum Gasteiger partial charge on any atom is -0.394 e. The van der Waals surface area contributed by atoms with E-state index in [2.05, 4.69) is 12.2 Å². The Morgan fingerprint density at radius 3 is 2.65 bits per heavy atom. The minimum atomic E-state index is 0.0837. The molecular formula is C13H20ClNO2. The number of hydrogen-bond donors (Lipinski definition) is 2. The highest BCUT2D eigenvalue weighted by molar-refractivity contribution is 6.30. The Bertz CT molecular complexity index is 303. The van der Waals surface area contributed by atoms with Gasteiger partial charge >= 0.3 is 0 Å². The Morgan fingerprint density at radius 2 is 2.00 bits per heavy atom. The van der Waals surface area contributed by atoms with Crippen molar-refractivity contribution in [1.82, 2.24) is 5.32 Å². The molecule has 4 heteroatoms. The van der Waals surface area contributed by atoms with Crippen LogP contribution < -0.4 is 5.32 Å². The zero-order valence-corrected chi connectivity index (χ0v) is 10.9. The number of rotatable bonds is 8. The standard InChI is InChI=1S/C13H20ClNO2/c1-11(15-6-8-17-9-7-16)10-12-2-4-13(14)5-3-12/h2-5,11,15-16H,6-10H2,1H3. The van der Waals surface area contributed by atoms with Gasteiger partial charge in [-0.15, -0.1) is 0 Å². The lowest BCUT2D eigenvalue weighted by molar-refractivity contribution is 0.0928. The summed E-state index contributed by atoms with van der Waals surface area (Å²) in [7, 11) is 0. The van der Waals surface area contributed by atoms with Crippen LogP contribution in [-0.2, 0) is 11.2 Å². The molecule has 0 spiro atoms. The molecule has 96 valence electrons. The number of nitrogens with one attached hydrogen (secondary N) is 1. The van der Waals surface area contributed by atoms with Crippen LogP contribution in [0, 0.1) is 0 Å². The summed E-state index contributed by atoms with van der Waals surface area (Å²) in [6.45, 7) is 4.06. The van der Waals surface area contributed by atoms with E-state index < -0.39 is 0 Å². The molecule has 0 amide bonds. The van der Waals surface area contributed by atoms with Gasteiger partial charge in [0, 0.05) is 17.6 Å². The maximum absolute atomic E-state index is 8.54. The summed E-state index contributed by atoms with van der Waals surface area (Å²) in [5.41, 5.74) is 1.27.